The maximum atomic E-state index is 12.5. The Kier molecular flexibility index (Phi) is 5.40. The van der Waals surface area contributed by atoms with Crippen LogP contribution in [-0.4, -0.2) is 22.2 Å². The van der Waals surface area contributed by atoms with Gasteiger partial charge in [0.2, 0.25) is 5.13 Å². The molecule has 1 N–H and O–H groups in total. The lowest BCUT2D eigenvalue weighted by Crippen LogP contribution is -2.32. The third-order valence-electron chi connectivity index (χ3n) is 3.70. The van der Waals surface area contributed by atoms with Crippen molar-refractivity contribution in [3.05, 3.63) is 60.2 Å². The molecule has 5 nitrogen and oxygen atoms in total. The predicted octanol–water partition coefficient (Wildman–Crippen LogP) is 4.31. The van der Waals surface area contributed by atoms with Crippen LogP contribution in [0.3, 0.4) is 0 Å². The maximum Gasteiger partial charge on any atom is 0.267 e. The number of aromatic nitrogens is 2. The number of nitrogens with one attached hydrogen (secondary N) is 1. The smallest absolute Gasteiger partial charge is 0.267 e. The van der Waals surface area contributed by atoms with E-state index in [1.807, 2.05) is 68.4 Å². The van der Waals surface area contributed by atoms with Gasteiger partial charge in [-0.1, -0.05) is 66.8 Å². The van der Waals surface area contributed by atoms with Crippen molar-refractivity contribution in [2.24, 2.45) is 0 Å². The second kappa shape index (κ2) is 7.90. The molecule has 1 atom stereocenters. The Hall–Kier alpha value is -2.73. The van der Waals surface area contributed by atoms with E-state index in [2.05, 4.69) is 15.5 Å². The molecule has 3 aromatic rings. The van der Waals surface area contributed by atoms with Crippen LogP contribution < -0.4 is 10.1 Å². The van der Waals surface area contributed by atoms with E-state index < -0.39 is 6.10 Å². The number of nitrogens with zero attached hydrogens (tertiary/aromatic N) is 2. The van der Waals surface area contributed by atoms with Crippen LogP contribution in [0, 0.1) is 6.92 Å². The minimum absolute atomic E-state index is 0.221. The normalized spacial score (nSPS) is 11.8. The van der Waals surface area contributed by atoms with Gasteiger partial charge in [0.1, 0.15) is 10.8 Å². The van der Waals surface area contributed by atoms with Crippen molar-refractivity contribution in [1.82, 2.24) is 10.2 Å². The van der Waals surface area contributed by atoms with Gasteiger partial charge in [0, 0.05) is 5.56 Å². The molecule has 1 aromatic heterocycles. The Morgan fingerprint density at radius 1 is 1.12 bits per heavy atom. The molecule has 0 saturated carbocycles. The molecule has 1 heterocycles. The quantitative estimate of drug-likeness (QED) is 0.717. The van der Waals surface area contributed by atoms with Gasteiger partial charge in [-0.15, -0.1) is 10.2 Å². The first-order valence-corrected chi connectivity index (χ1v) is 8.91. The van der Waals surface area contributed by atoms with Gasteiger partial charge in [0.05, 0.1) is 0 Å². The van der Waals surface area contributed by atoms with Gasteiger partial charge < -0.3 is 4.74 Å². The number of para-hydroxylation sites is 1. The van der Waals surface area contributed by atoms with Crippen molar-refractivity contribution in [1.29, 1.82) is 0 Å². The molecular weight excluding hydrogens is 334 g/mol. The Labute approximate surface area is 150 Å². The lowest BCUT2D eigenvalue weighted by atomic mass is 10.2. The van der Waals surface area contributed by atoms with Crippen LogP contribution in [-0.2, 0) is 4.79 Å². The molecule has 3 rings (SSSR count). The van der Waals surface area contributed by atoms with E-state index in [9.17, 15) is 4.79 Å². The van der Waals surface area contributed by atoms with Crippen molar-refractivity contribution >= 4 is 22.4 Å². The molecule has 0 saturated heterocycles. The molecule has 0 aliphatic rings. The van der Waals surface area contributed by atoms with Crippen LogP contribution in [0.5, 0.6) is 5.75 Å². The second-order valence-electron chi connectivity index (χ2n) is 5.55. The molecule has 128 valence electrons. The Morgan fingerprint density at radius 2 is 1.84 bits per heavy atom. The van der Waals surface area contributed by atoms with E-state index in [1.165, 1.54) is 11.3 Å². The summed E-state index contributed by atoms with van der Waals surface area (Å²) in [6.07, 6.45) is -0.0185. The van der Waals surface area contributed by atoms with Crippen LogP contribution in [0.4, 0.5) is 5.13 Å². The Balaban J connectivity index is 1.68. The fourth-order valence-electron chi connectivity index (χ4n) is 2.32. The van der Waals surface area contributed by atoms with Crippen LogP contribution >= 0.6 is 11.3 Å². The van der Waals surface area contributed by atoms with Gasteiger partial charge in [-0.3, -0.25) is 10.1 Å². The van der Waals surface area contributed by atoms with E-state index in [-0.39, 0.29) is 5.91 Å². The molecule has 1 amide bonds. The zero-order valence-corrected chi connectivity index (χ0v) is 14.9. The van der Waals surface area contributed by atoms with Gasteiger partial charge in [-0.25, -0.2) is 0 Å². The van der Waals surface area contributed by atoms with Crippen LogP contribution in [0.1, 0.15) is 18.9 Å². The largest absolute Gasteiger partial charge is 0.480 e. The van der Waals surface area contributed by atoms with E-state index in [4.69, 9.17) is 4.74 Å². The molecule has 0 aliphatic heterocycles. The summed E-state index contributed by atoms with van der Waals surface area (Å²) in [6, 6.07) is 17.4. The SMILES string of the molecule is CC[C@@H](Oc1ccccc1C)C(=O)Nc1nnc(-c2ccccc2)s1. The predicted molar refractivity (Wildman–Crippen MR) is 99.9 cm³/mol. The van der Waals surface area contributed by atoms with Gasteiger partial charge >= 0.3 is 0 Å². The van der Waals surface area contributed by atoms with E-state index in [0.29, 0.717) is 17.3 Å². The van der Waals surface area contributed by atoms with Crippen molar-refractivity contribution in [3.8, 4) is 16.3 Å². The summed E-state index contributed by atoms with van der Waals surface area (Å²) in [4.78, 5) is 12.5. The molecule has 0 aliphatic carbocycles. The van der Waals surface area contributed by atoms with Crippen molar-refractivity contribution in [2.75, 3.05) is 5.32 Å². The lowest BCUT2D eigenvalue weighted by molar-refractivity contribution is -0.122. The molecule has 25 heavy (non-hydrogen) atoms. The lowest BCUT2D eigenvalue weighted by Gasteiger charge is -2.17. The highest BCUT2D eigenvalue weighted by molar-refractivity contribution is 7.18. The zero-order valence-electron chi connectivity index (χ0n) is 14.1. The number of benzene rings is 2. The summed E-state index contributed by atoms with van der Waals surface area (Å²) in [6.45, 7) is 3.87. The van der Waals surface area contributed by atoms with Crippen molar-refractivity contribution in [3.63, 3.8) is 0 Å². The third kappa shape index (κ3) is 4.22. The van der Waals surface area contributed by atoms with E-state index >= 15 is 0 Å². The summed E-state index contributed by atoms with van der Waals surface area (Å²) in [5.41, 5.74) is 1.97. The number of hydrogen-bond donors (Lipinski definition) is 1. The molecule has 0 bridgehead atoms. The first-order chi connectivity index (χ1) is 12.2. The topological polar surface area (TPSA) is 64.1 Å². The van der Waals surface area contributed by atoms with E-state index in [0.717, 1.165) is 16.1 Å². The highest BCUT2D eigenvalue weighted by Gasteiger charge is 2.21. The monoisotopic (exact) mass is 353 g/mol. The molecule has 2 aromatic carbocycles. The van der Waals surface area contributed by atoms with Crippen molar-refractivity contribution in [2.45, 2.75) is 26.4 Å². The van der Waals surface area contributed by atoms with Crippen LogP contribution in [0.2, 0.25) is 0 Å². The van der Waals surface area contributed by atoms with Crippen molar-refractivity contribution < 1.29 is 9.53 Å². The van der Waals surface area contributed by atoms with Gasteiger partial charge in [-0.05, 0) is 25.0 Å². The number of carbonyl (C=O) groups excluding carboxylic acids is 1. The Morgan fingerprint density at radius 3 is 2.56 bits per heavy atom. The number of anilines is 1. The average Bonchev–Trinajstić information content (AvgIpc) is 3.10. The standard InChI is InChI=1S/C19H19N3O2S/c1-3-15(24-16-12-8-7-9-13(16)2)17(23)20-19-22-21-18(25-19)14-10-5-4-6-11-14/h4-12,15H,3H2,1-2H3,(H,20,22,23)/t15-/m1/s1. The number of amides is 1. The van der Waals surface area contributed by atoms with Gasteiger partial charge in [-0.2, -0.15) is 0 Å². The van der Waals surface area contributed by atoms with Crippen LogP contribution in [0.15, 0.2) is 54.6 Å². The van der Waals surface area contributed by atoms with Gasteiger partial charge in [0.15, 0.2) is 6.10 Å². The van der Waals surface area contributed by atoms with Crippen LogP contribution in [0.25, 0.3) is 10.6 Å². The number of carbonyl (C=O) groups is 1. The molecule has 6 heteroatoms. The number of aryl methyl sites for hydroxylation is 1. The minimum Gasteiger partial charge on any atom is -0.480 e. The maximum absolute atomic E-state index is 12.5. The molecule has 0 spiro atoms. The summed E-state index contributed by atoms with van der Waals surface area (Å²) >= 11 is 1.34. The summed E-state index contributed by atoms with van der Waals surface area (Å²) in [5, 5.41) is 12.2. The highest BCUT2D eigenvalue weighted by atomic mass is 32.1. The second-order valence-corrected chi connectivity index (χ2v) is 6.53. The number of rotatable bonds is 6. The Bertz CT molecular complexity index is 849. The number of ether oxygens (including phenoxy) is 1. The first-order valence-electron chi connectivity index (χ1n) is 8.09. The molecule has 0 radical (unpaired) electrons. The first kappa shape index (κ1) is 17.1. The van der Waals surface area contributed by atoms with Gasteiger partial charge in [0.25, 0.3) is 5.91 Å². The fraction of sp³-hybridized carbons (Fsp3) is 0.211. The highest BCUT2D eigenvalue weighted by Crippen LogP contribution is 2.26. The molecular formula is C19H19N3O2S. The molecule has 0 unspecified atom stereocenters. The minimum atomic E-state index is -0.579. The summed E-state index contributed by atoms with van der Waals surface area (Å²) < 4.78 is 5.86. The summed E-state index contributed by atoms with van der Waals surface area (Å²) in [5.74, 6) is 0.494. The fourth-order valence-corrected chi connectivity index (χ4v) is 3.07. The third-order valence-corrected chi connectivity index (χ3v) is 4.59. The number of hydrogen-bond acceptors (Lipinski definition) is 5. The van der Waals surface area contributed by atoms with E-state index in [1.54, 1.807) is 0 Å². The summed E-state index contributed by atoms with van der Waals surface area (Å²) in [7, 11) is 0. The molecule has 0 fully saturated rings. The zero-order chi connectivity index (χ0) is 17.6. The average molecular weight is 353 g/mol.